The van der Waals surface area contributed by atoms with Crippen molar-refractivity contribution in [1.29, 1.82) is 0 Å². The number of hydrogen-bond donors (Lipinski definition) is 2. The van der Waals surface area contributed by atoms with Gasteiger partial charge in [-0.25, -0.2) is 0 Å². The number of halogens is 2. The third kappa shape index (κ3) is 4.25. The first-order valence-electron chi connectivity index (χ1n) is 6.49. The summed E-state index contributed by atoms with van der Waals surface area (Å²) in [5, 5.41) is 5.79. The molecule has 1 aliphatic carbocycles. The van der Waals surface area contributed by atoms with E-state index in [0.717, 1.165) is 6.42 Å². The predicted molar refractivity (Wildman–Crippen MR) is 77.4 cm³/mol. The first-order chi connectivity index (χ1) is 8.81. The van der Waals surface area contributed by atoms with Crippen molar-refractivity contribution >= 4 is 35.0 Å². The Kier molecular flexibility index (Phi) is 5.93. The molecule has 1 aliphatic rings. The van der Waals surface area contributed by atoms with E-state index in [0.29, 0.717) is 12.5 Å². The lowest BCUT2D eigenvalue weighted by atomic mass is 9.80. The fraction of sp³-hybridized carbons (Fsp3) is 0.846. The second-order valence-corrected chi connectivity index (χ2v) is 6.48. The molecule has 0 aromatic rings. The van der Waals surface area contributed by atoms with Gasteiger partial charge in [0.25, 0.3) is 0 Å². The second-order valence-electron chi connectivity index (χ2n) is 5.94. The maximum Gasteiger partial charge on any atom is 0.235 e. The van der Waals surface area contributed by atoms with Crippen LogP contribution in [0.4, 0.5) is 0 Å². The third-order valence-electron chi connectivity index (χ3n) is 3.99. The van der Waals surface area contributed by atoms with Crippen molar-refractivity contribution in [2.75, 3.05) is 18.3 Å². The van der Waals surface area contributed by atoms with Gasteiger partial charge in [-0.1, -0.05) is 20.8 Å². The molecule has 1 saturated carbocycles. The zero-order valence-corrected chi connectivity index (χ0v) is 13.1. The summed E-state index contributed by atoms with van der Waals surface area (Å²) in [5.41, 5.74) is 0.0588. The van der Waals surface area contributed by atoms with Gasteiger partial charge in [0.15, 0.2) is 0 Å². The van der Waals surface area contributed by atoms with Gasteiger partial charge in [0, 0.05) is 18.5 Å². The number of nitrogens with one attached hydrogen (secondary N) is 2. The van der Waals surface area contributed by atoms with Crippen LogP contribution in [0.2, 0.25) is 0 Å². The molecule has 0 bridgehead atoms. The first-order valence-corrected chi connectivity index (χ1v) is 7.56. The number of alkyl halides is 2. The van der Waals surface area contributed by atoms with Gasteiger partial charge in [0.1, 0.15) is 11.8 Å². The van der Waals surface area contributed by atoms with Crippen LogP contribution in [0.25, 0.3) is 0 Å². The molecule has 0 saturated heterocycles. The van der Waals surface area contributed by atoms with Gasteiger partial charge < -0.3 is 10.6 Å². The van der Waals surface area contributed by atoms with E-state index in [-0.39, 0.29) is 40.9 Å². The summed E-state index contributed by atoms with van der Waals surface area (Å²) in [5.74, 6) is 0.123. The van der Waals surface area contributed by atoms with E-state index in [2.05, 4.69) is 31.4 Å². The van der Waals surface area contributed by atoms with Crippen LogP contribution in [0.1, 0.15) is 27.2 Å². The molecule has 0 spiro atoms. The van der Waals surface area contributed by atoms with Crippen molar-refractivity contribution in [2.45, 2.75) is 33.2 Å². The summed E-state index contributed by atoms with van der Waals surface area (Å²) in [6.45, 7) is 6.96. The van der Waals surface area contributed by atoms with Gasteiger partial charge >= 0.3 is 0 Å². The molecule has 0 aromatic carbocycles. The van der Waals surface area contributed by atoms with Crippen LogP contribution in [0, 0.1) is 17.3 Å². The van der Waals surface area contributed by atoms with Gasteiger partial charge in [0.05, 0.1) is 0 Å². The number of carbonyl (C=O) groups is 2. The van der Waals surface area contributed by atoms with Crippen LogP contribution in [0.3, 0.4) is 0 Å². The van der Waals surface area contributed by atoms with Crippen LogP contribution in [0.5, 0.6) is 0 Å². The van der Waals surface area contributed by atoms with Crippen molar-refractivity contribution in [3.8, 4) is 0 Å². The summed E-state index contributed by atoms with van der Waals surface area (Å²) in [6, 6.07) is 0.0388. The highest BCUT2D eigenvalue weighted by atomic mass is 35.5. The zero-order chi connectivity index (χ0) is 14.6. The molecule has 6 heteroatoms. The smallest absolute Gasteiger partial charge is 0.235 e. The van der Waals surface area contributed by atoms with Crippen LogP contribution in [0.15, 0.2) is 0 Å². The molecular formula is C13H22Cl2N2O2. The quantitative estimate of drug-likeness (QED) is 0.760. The lowest BCUT2D eigenvalue weighted by molar-refractivity contribution is -0.119. The van der Waals surface area contributed by atoms with Crippen molar-refractivity contribution in [3.05, 3.63) is 0 Å². The van der Waals surface area contributed by atoms with E-state index in [1.807, 2.05) is 0 Å². The maximum atomic E-state index is 11.5. The highest BCUT2D eigenvalue weighted by molar-refractivity contribution is 6.27. The SMILES string of the molecule is C[C@@H]1CC(C)(C)[C@@H](CNC(=O)CCl)[C@@H]1NC(=O)CCl. The third-order valence-corrected chi connectivity index (χ3v) is 4.47. The number of hydrogen-bond acceptors (Lipinski definition) is 2. The molecule has 1 rings (SSSR count). The highest BCUT2D eigenvalue weighted by Gasteiger charge is 2.46. The van der Waals surface area contributed by atoms with E-state index in [4.69, 9.17) is 23.2 Å². The minimum absolute atomic E-state index is 0.0373. The average molecular weight is 309 g/mol. The molecule has 110 valence electrons. The Morgan fingerprint density at radius 2 is 1.79 bits per heavy atom. The van der Waals surface area contributed by atoms with Gasteiger partial charge in [-0.3, -0.25) is 9.59 Å². The standard InChI is InChI=1S/C13H22Cl2N2O2/c1-8-4-13(2,3)9(7-16-10(18)5-14)12(8)17-11(19)6-15/h8-9,12H,4-7H2,1-3H3,(H,16,18)(H,17,19)/t8-,9+,12-/m1/s1. The summed E-state index contributed by atoms with van der Waals surface area (Å²) in [6.07, 6.45) is 1.00. The monoisotopic (exact) mass is 308 g/mol. The second kappa shape index (κ2) is 6.80. The lowest BCUT2D eigenvalue weighted by Crippen LogP contribution is -2.47. The van der Waals surface area contributed by atoms with E-state index in [1.165, 1.54) is 0 Å². The number of amides is 2. The normalized spacial score (nSPS) is 29.0. The summed E-state index contributed by atoms with van der Waals surface area (Å²) in [7, 11) is 0. The molecule has 0 unspecified atom stereocenters. The zero-order valence-electron chi connectivity index (χ0n) is 11.6. The molecule has 1 fully saturated rings. The van der Waals surface area contributed by atoms with Gasteiger partial charge in [-0.2, -0.15) is 0 Å². The van der Waals surface area contributed by atoms with Gasteiger partial charge in [-0.05, 0) is 17.8 Å². The molecule has 2 amide bonds. The van der Waals surface area contributed by atoms with E-state index < -0.39 is 0 Å². The molecule has 19 heavy (non-hydrogen) atoms. The van der Waals surface area contributed by atoms with Crippen LogP contribution in [-0.2, 0) is 9.59 Å². The van der Waals surface area contributed by atoms with E-state index >= 15 is 0 Å². The van der Waals surface area contributed by atoms with Crippen molar-refractivity contribution in [2.24, 2.45) is 17.3 Å². The van der Waals surface area contributed by atoms with Crippen molar-refractivity contribution in [3.63, 3.8) is 0 Å². The van der Waals surface area contributed by atoms with Crippen LogP contribution < -0.4 is 10.6 Å². The number of rotatable bonds is 5. The molecule has 0 heterocycles. The van der Waals surface area contributed by atoms with Gasteiger partial charge in [0.2, 0.25) is 11.8 Å². The van der Waals surface area contributed by atoms with Crippen LogP contribution >= 0.6 is 23.2 Å². The predicted octanol–water partition coefficient (Wildman–Crippen LogP) is 1.75. The topological polar surface area (TPSA) is 58.2 Å². The Balaban J connectivity index is 2.74. The molecular weight excluding hydrogens is 287 g/mol. The summed E-state index contributed by atoms with van der Waals surface area (Å²) in [4.78, 5) is 22.8. The Hall–Kier alpha value is -0.480. The Labute approximate surface area is 124 Å². The Morgan fingerprint density at radius 3 is 2.32 bits per heavy atom. The fourth-order valence-corrected chi connectivity index (χ4v) is 3.30. The first kappa shape index (κ1) is 16.6. The van der Waals surface area contributed by atoms with Crippen molar-refractivity contribution in [1.82, 2.24) is 10.6 Å². The number of carbonyl (C=O) groups excluding carboxylic acids is 2. The minimum Gasteiger partial charge on any atom is -0.355 e. The van der Waals surface area contributed by atoms with Gasteiger partial charge in [-0.15, -0.1) is 23.2 Å². The largest absolute Gasteiger partial charge is 0.355 e. The highest BCUT2D eigenvalue weighted by Crippen LogP contribution is 2.45. The summed E-state index contributed by atoms with van der Waals surface area (Å²) < 4.78 is 0. The fourth-order valence-electron chi connectivity index (χ4n) is 3.13. The van der Waals surface area contributed by atoms with Crippen LogP contribution in [-0.4, -0.2) is 36.2 Å². The molecule has 0 radical (unpaired) electrons. The Bertz CT molecular complexity index is 348. The Morgan fingerprint density at radius 1 is 1.21 bits per heavy atom. The molecule has 0 aliphatic heterocycles. The minimum atomic E-state index is -0.181. The molecule has 3 atom stereocenters. The molecule has 2 N–H and O–H groups in total. The lowest BCUT2D eigenvalue weighted by Gasteiger charge is -2.31. The molecule has 0 aromatic heterocycles. The molecule has 4 nitrogen and oxygen atoms in total. The van der Waals surface area contributed by atoms with Crippen molar-refractivity contribution < 1.29 is 9.59 Å². The van der Waals surface area contributed by atoms with E-state index in [1.54, 1.807) is 0 Å². The maximum absolute atomic E-state index is 11.5. The summed E-state index contributed by atoms with van der Waals surface area (Å²) >= 11 is 11.0. The van der Waals surface area contributed by atoms with E-state index in [9.17, 15) is 9.59 Å². The average Bonchev–Trinajstić information content (AvgIpc) is 2.56.